The van der Waals surface area contributed by atoms with Crippen LogP contribution in [0.5, 0.6) is 0 Å². The summed E-state index contributed by atoms with van der Waals surface area (Å²) in [6.45, 7) is 0.243. The Hall–Kier alpha value is -3.72. The first kappa shape index (κ1) is 21.0. The highest BCUT2D eigenvalue weighted by Gasteiger charge is 2.24. The molecule has 2 aromatic heterocycles. The van der Waals surface area contributed by atoms with Gasteiger partial charge in [0, 0.05) is 30.6 Å². The molecule has 1 amide bonds. The molecule has 3 aromatic rings. The molecule has 0 saturated heterocycles. The van der Waals surface area contributed by atoms with Crippen LogP contribution >= 0.6 is 0 Å². The molecule has 0 aliphatic heterocycles. The quantitative estimate of drug-likeness (QED) is 0.541. The largest absolute Gasteiger partial charge is 0.467 e. The molecule has 0 bridgehead atoms. The van der Waals surface area contributed by atoms with Crippen molar-refractivity contribution in [3.05, 3.63) is 66.1 Å². The lowest BCUT2D eigenvalue weighted by Gasteiger charge is -2.17. The van der Waals surface area contributed by atoms with Gasteiger partial charge in [0.2, 0.25) is 0 Å². The number of methoxy groups -OCH3 is 1. The molecule has 3 N–H and O–H groups in total. The summed E-state index contributed by atoms with van der Waals surface area (Å²) in [6, 6.07) is 10.1. The Bertz CT molecular complexity index is 1020. The van der Waals surface area contributed by atoms with Gasteiger partial charge in [0.25, 0.3) is 5.91 Å². The van der Waals surface area contributed by atoms with Gasteiger partial charge >= 0.3 is 5.97 Å². The number of nitrogen functional groups attached to an aromatic ring is 1. The van der Waals surface area contributed by atoms with Gasteiger partial charge in [0.15, 0.2) is 6.04 Å². The third kappa shape index (κ3) is 5.21. The summed E-state index contributed by atoms with van der Waals surface area (Å²) in [4.78, 5) is 29.0. The van der Waals surface area contributed by atoms with Gasteiger partial charge in [-0.1, -0.05) is 30.3 Å². The van der Waals surface area contributed by atoms with Gasteiger partial charge in [-0.25, -0.2) is 9.78 Å². The number of aromatic nitrogens is 3. The maximum absolute atomic E-state index is 12.8. The van der Waals surface area contributed by atoms with Crippen LogP contribution in [-0.2, 0) is 27.9 Å². The van der Waals surface area contributed by atoms with E-state index in [4.69, 9.17) is 15.2 Å². The van der Waals surface area contributed by atoms with Crippen molar-refractivity contribution in [1.82, 2.24) is 20.1 Å². The van der Waals surface area contributed by atoms with Gasteiger partial charge in [0.05, 0.1) is 32.1 Å². The lowest BCUT2D eigenvalue weighted by Crippen LogP contribution is -2.45. The highest BCUT2D eigenvalue weighted by molar-refractivity contribution is 6.01. The maximum Gasteiger partial charge on any atom is 0.330 e. The number of benzene rings is 1. The van der Waals surface area contributed by atoms with E-state index in [1.807, 2.05) is 30.3 Å². The number of aryl methyl sites for hydroxylation is 1. The second kappa shape index (κ2) is 9.66. The number of hydrogen-bond acceptors (Lipinski definition) is 7. The number of ether oxygens (including phenoxy) is 2. The van der Waals surface area contributed by atoms with Crippen LogP contribution in [0.25, 0.3) is 11.1 Å². The van der Waals surface area contributed by atoms with E-state index >= 15 is 0 Å². The number of nitrogens with two attached hydrogens (primary N) is 1. The highest BCUT2D eigenvalue weighted by Crippen LogP contribution is 2.21. The summed E-state index contributed by atoms with van der Waals surface area (Å²) in [7, 11) is 3.04. The number of esters is 1. The minimum absolute atomic E-state index is 0.0500. The Morgan fingerprint density at radius 2 is 1.97 bits per heavy atom. The Kier molecular flexibility index (Phi) is 6.76. The molecule has 0 aliphatic carbocycles. The summed E-state index contributed by atoms with van der Waals surface area (Å²) in [6.07, 6.45) is 5.01. The normalized spacial score (nSPS) is 11.7. The zero-order valence-corrected chi connectivity index (χ0v) is 16.7. The van der Waals surface area contributed by atoms with Crippen molar-refractivity contribution in [2.75, 3.05) is 19.5 Å². The molecule has 0 spiro atoms. The minimum atomic E-state index is -0.993. The molecule has 1 atom stereocenters. The molecule has 156 valence electrons. The number of carbonyl (C=O) groups excluding carboxylic acids is 2. The van der Waals surface area contributed by atoms with Crippen LogP contribution in [0.1, 0.15) is 15.9 Å². The van der Waals surface area contributed by atoms with Gasteiger partial charge in [-0.05, 0) is 11.6 Å². The monoisotopic (exact) mass is 409 g/mol. The zero-order chi connectivity index (χ0) is 21.5. The Labute approximate surface area is 173 Å². The predicted molar refractivity (Wildman–Crippen MR) is 110 cm³/mol. The Morgan fingerprint density at radius 3 is 2.63 bits per heavy atom. The first-order chi connectivity index (χ1) is 14.5. The van der Waals surface area contributed by atoms with E-state index in [0.29, 0.717) is 12.2 Å². The highest BCUT2D eigenvalue weighted by atomic mass is 16.5. The topological polar surface area (TPSA) is 121 Å². The first-order valence-electron chi connectivity index (χ1n) is 9.23. The molecular weight excluding hydrogens is 386 g/mol. The number of rotatable bonds is 8. The van der Waals surface area contributed by atoms with E-state index in [1.54, 1.807) is 36.4 Å². The Morgan fingerprint density at radius 1 is 1.20 bits per heavy atom. The standard InChI is InChI=1S/C21H23N5O4/c1-26-11-16(10-24-26)15-8-17(19(22)23-9-15)20(27)25-18(21(28)29-2)13-30-12-14-6-4-3-5-7-14/h3-11,18H,12-13H2,1-2H3,(H2,22,23)(H,25,27). The third-order valence-electron chi connectivity index (χ3n) is 4.39. The molecule has 0 saturated carbocycles. The van der Waals surface area contributed by atoms with Crippen LogP contribution < -0.4 is 11.1 Å². The van der Waals surface area contributed by atoms with Crippen LogP contribution in [0.4, 0.5) is 5.82 Å². The summed E-state index contributed by atoms with van der Waals surface area (Å²) in [5.74, 6) is -1.12. The molecule has 0 fully saturated rings. The molecule has 9 heteroatoms. The van der Waals surface area contributed by atoms with Gasteiger partial charge in [-0.15, -0.1) is 0 Å². The number of hydrogen-bond donors (Lipinski definition) is 2. The number of nitrogens with zero attached hydrogens (tertiary/aromatic N) is 3. The fourth-order valence-electron chi connectivity index (χ4n) is 2.80. The molecule has 1 aromatic carbocycles. The lowest BCUT2D eigenvalue weighted by atomic mass is 10.1. The van der Waals surface area contributed by atoms with Gasteiger partial charge in [-0.2, -0.15) is 5.10 Å². The van der Waals surface area contributed by atoms with Gasteiger partial charge < -0.3 is 20.5 Å². The fourth-order valence-corrected chi connectivity index (χ4v) is 2.80. The molecule has 9 nitrogen and oxygen atoms in total. The zero-order valence-electron chi connectivity index (χ0n) is 16.7. The van der Waals surface area contributed by atoms with Crippen molar-refractivity contribution < 1.29 is 19.1 Å². The van der Waals surface area contributed by atoms with Crippen LogP contribution in [0, 0.1) is 0 Å². The number of amides is 1. The average molecular weight is 409 g/mol. The van der Waals surface area contributed by atoms with Crippen LogP contribution in [0.2, 0.25) is 0 Å². The van der Waals surface area contributed by atoms with Crippen molar-refractivity contribution in [3.63, 3.8) is 0 Å². The van der Waals surface area contributed by atoms with Crippen molar-refractivity contribution in [2.24, 2.45) is 7.05 Å². The smallest absolute Gasteiger partial charge is 0.330 e. The predicted octanol–water partition coefficient (Wildman–Crippen LogP) is 1.55. The minimum Gasteiger partial charge on any atom is -0.467 e. The summed E-state index contributed by atoms with van der Waals surface area (Å²) in [5, 5.41) is 6.73. The third-order valence-corrected chi connectivity index (χ3v) is 4.39. The van der Waals surface area contributed by atoms with Crippen molar-refractivity contribution in [2.45, 2.75) is 12.6 Å². The van der Waals surface area contributed by atoms with E-state index < -0.39 is 17.9 Å². The Balaban J connectivity index is 1.71. The van der Waals surface area contributed by atoms with Crippen LogP contribution in [0.15, 0.2) is 55.0 Å². The van der Waals surface area contributed by atoms with E-state index in [0.717, 1.165) is 11.1 Å². The van der Waals surface area contributed by atoms with E-state index in [-0.39, 0.29) is 18.0 Å². The summed E-state index contributed by atoms with van der Waals surface area (Å²) < 4.78 is 12.0. The lowest BCUT2D eigenvalue weighted by molar-refractivity contribution is -0.144. The number of carbonyl (C=O) groups is 2. The van der Waals surface area contributed by atoms with E-state index in [2.05, 4.69) is 15.4 Å². The molecule has 0 aliphatic rings. The van der Waals surface area contributed by atoms with Crippen molar-refractivity contribution in [1.29, 1.82) is 0 Å². The first-order valence-corrected chi connectivity index (χ1v) is 9.23. The molecule has 2 heterocycles. The van der Waals surface area contributed by atoms with Crippen molar-refractivity contribution >= 4 is 17.7 Å². The molecule has 30 heavy (non-hydrogen) atoms. The molecular formula is C21H23N5O4. The maximum atomic E-state index is 12.8. The SMILES string of the molecule is COC(=O)C(COCc1ccccc1)NC(=O)c1cc(-c2cnn(C)c2)cnc1N. The summed E-state index contributed by atoms with van der Waals surface area (Å²) >= 11 is 0. The van der Waals surface area contributed by atoms with Crippen LogP contribution in [-0.4, -0.2) is 46.4 Å². The number of pyridine rings is 1. The summed E-state index contributed by atoms with van der Waals surface area (Å²) in [5.41, 5.74) is 8.45. The second-order valence-corrected chi connectivity index (χ2v) is 6.61. The molecule has 0 radical (unpaired) electrons. The van der Waals surface area contributed by atoms with E-state index in [1.165, 1.54) is 7.11 Å². The van der Waals surface area contributed by atoms with Crippen LogP contribution in [0.3, 0.4) is 0 Å². The second-order valence-electron chi connectivity index (χ2n) is 6.61. The van der Waals surface area contributed by atoms with Crippen molar-refractivity contribution in [3.8, 4) is 11.1 Å². The average Bonchev–Trinajstić information content (AvgIpc) is 3.19. The number of anilines is 1. The molecule has 1 unspecified atom stereocenters. The fraction of sp³-hybridized carbons (Fsp3) is 0.238. The molecule has 3 rings (SSSR count). The van der Waals surface area contributed by atoms with Gasteiger partial charge in [0.1, 0.15) is 5.82 Å². The van der Waals surface area contributed by atoms with Gasteiger partial charge in [-0.3, -0.25) is 9.48 Å². The number of nitrogens with one attached hydrogen (secondary N) is 1. The van der Waals surface area contributed by atoms with E-state index in [9.17, 15) is 9.59 Å².